The average Bonchev–Trinajstić information content (AvgIpc) is 2.19. The van der Waals surface area contributed by atoms with Crippen LogP contribution in [0.25, 0.3) is 0 Å². The summed E-state index contributed by atoms with van der Waals surface area (Å²) in [6.07, 6.45) is 3.63. The minimum atomic E-state index is 0.617. The lowest BCUT2D eigenvalue weighted by molar-refractivity contribution is 0.0779. The molecule has 78 valence electrons. The summed E-state index contributed by atoms with van der Waals surface area (Å²) in [6.45, 7) is 8.15. The van der Waals surface area contributed by atoms with Crippen LogP contribution in [0.3, 0.4) is 0 Å². The molecule has 1 rings (SSSR count). The quantitative estimate of drug-likeness (QED) is 0.717. The Kier molecular flexibility index (Phi) is 4.60. The van der Waals surface area contributed by atoms with Crippen molar-refractivity contribution in [3.63, 3.8) is 0 Å². The van der Waals surface area contributed by atoms with E-state index < -0.39 is 0 Å². The van der Waals surface area contributed by atoms with Crippen LogP contribution in [0.4, 0.5) is 0 Å². The van der Waals surface area contributed by atoms with Crippen LogP contribution in [-0.4, -0.2) is 11.6 Å². The summed E-state index contributed by atoms with van der Waals surface area (Å²) in [7, 11) is 0. The second kappa shape index (κ2) is 5.76. The zero-order valence-corrected chi connectivity index (χ0v) is 9.23. The van der Waals surface area contributed by atoms with Crippen molar-refractivity contribution in [1.82, 2.24) is 4.98 Å². The van der Waals surface area contributed by atoms with E-state index in [4.69, 9.17) is 4.74 Å². The van der Waals surface area contributed by atoms with Crippen molar-refractivity contribution in [3.05, 3.63) is 30.1 Å². The van der Waals surface area contributed by atoms with Gasteiger partial charge in [0.2, 0.25) is 0 Å². The molecule has 2 heteroatoms. The molecule has 0 bridgehead atoms. The Morgan fingerprint density at radius 1 is 1.36 bits per heavy atom. The van der Waals surface area contributed by atoms with Gasteiger partial charge >= 0.3 is 0 Å². The van der Waals surface area contributed by atoms with Crippen LogP contribution < -0.4 is 0 Å². The summed E-state index contributed by atoms with van der Waals surface area (Å²) in [6, 6.07) is 3.97. The largest absolute Gasteiger partial charge is 0.376 e. The number of aromatic nitrogens is 1. The molecule has 1 aromatic rings. The van der Waals surface area contributed by atoms with Gasteiger partial charge in [-0.05, 0) is 23.5 Å². The second-order valence-corrected chi connectivity index (χ2v) is 4.10. The van der Waals surface area contributed by atoms with Crippen molar-refractivity contribution in [2.45, 2.75) is 27.4 Å². The molecule has 0 spiro atoms. The molecule has 0 radical (unpaired) electrons. The lowest BCUT2D eigenvalue weighted by Crippen LogP contribution is -2.11. The maximum absolute atomic E-state index is 5.60. The Morgan fingerprint density at radius 2 is 2.14 bits per heavy atom. The molecule has 0 unspecified atom stereocenters. The fourth-order valence-electron chi connectivity index (χ4n) is 1.04. The lowest BCUT2D eigenvalue weighted by Gasteiger charge is -2.15. The van der Waals surface area contributed by atoms with Crippen LogP contribution in [0.1, 0.15) is 26.3 Å². The maximum Gasteiger partial charge on any atom is 0.0731 e. The topological polar surface area (TPSA) is 22.1 Å². The molecule has 1 aromatic heterocycles. The molecular weight excluding hydrogens is 174 g/mol. The predicted octanol–water partition coefficient (Wildman–Crippen LogP) is 2.89. The molecule has 0 aliphatic rings. The van der Waals surface area contributed by atoms with Gasteiger partial charge in [0.15, 0.2) is 0 Å². The normalized spacial score (nSPS) is 13.1. The molecule has 0 N–H and O–H groups in total. The number of rotatable bonds is 5. The van der Waals surface area contributed by atoms with Crippen LogP contribution in [0.15, 0.2) is 24.5 Å². The number of hydrogen-bond acceptors (Lipinski definition) is 2. The first kappa shape index (κ1) is 11.2. The number of ether oxygens (including phenoxy) is 1. The molecule has 2 nitrogen and oxygen atoms in total. The summed E-state index contributed by atoms with van der Waals surface area (Å²) in [5, 5.41) is 0. The Morgan fingerprint density at radius 3 is 2.71 bits per heavy atom. The third-order valence-electron chi connectivity index (χ3n) is 2.51. The smallest absolute Gasteiger partial charge is 0.0731 e. The van der Waals surface area contributed by atoms with E-state index in [0.29, 0.717) is 18.4 Å². The predicted molar refractivity (Wildman–Crippen MR) is 57.9 cm³/mol. The number of pyridine rings is 1. The molecule has 0 aromatic carbocycles. The molecular formula is C12H19NO. The summed E-state index contributed by atoms with van der Waals surface area (Å²) >= 11 is 0. The van der Waals surface area contributed by atoms with Gasteiger partial charge in [-0.1, -0.05) is 26.8 Å². The molecule has 1 heterocycles. The SMILES string of the molecule is CC(C)[C@H](C)COCc1cccnc1. The van der Waals surface area contributed by atoms with Crippen LogP contribution in [0, 0.1) is 11.8 Å². The lowest BCUT2D eigenvalue weighted by atomic mass is 9.99. The first-order valence-corrected chi connectivity index (χ1v) is 5.16. The Bertz CT molecular complexity index is 246. The Labute approximate surface area is 86.3 Å². The van der Waals surface area contributed by atoms with E-state index in [-0.39, 0.29) is 0 Å². The average molecular weight is 193 g/mol. The van der Waals surface area contributed by atoms with E-state index in [9.17, 15) is 0 Å². The highest BCUT2D eigenvalue weighted by molar-refractivity contribution is 5.06. The molecule has 0 fully saturated rings. The summed E-state index contributed by atoms with van der Waals surface area (Å²) in [5.41, 5.74) is 1.14. The summed E-state index contributed by atoms with van der Waals surface area (Å²) in [4.78, 5) is 4.04. The van der Waals surface area contributed by atoms with Crippen molar-refractivity contribution >= 4 is 0 Å². The molecule has 0 aliphatic carbocycles. The number of nitrogens with zero attached hydrogens (tertiary/aromatic N) is 1. The van der Waals surface area contributed by atoms with Gasteiger partial charge < -0.3 is 4.74 Å². The van der Waals surface area contributed by atoms with Gasteiger partial charge in [-0.25, -0.2) is 0 Å². The van der Waals surface area contributed by atoms with Gasteiger partial charge in [0.1, 0.15) is 0 Å². The van der Waals surface area contributed by atoms with E-state index in [0.717, 1.165) is 12.2 Å². The van der Waals surface area contributed by atoms with E-state index in [2.05, 4.69) is 25.8 Å². The summed E-state index contributed by atoms with van der Waals surface area (Å²) < 4.78 is 5.60. The van der Waals surface area contributed by atoms with Crippen molar-refractivity contribution in [2.24, 2.45) is 11.8 Å². The van der Waals surface area contributed by atoms with Gasteiger partial charge in [0.05, 0.1) is 6.61 Å². The highest BCUT2D eigenvalue weighted by atomic mass is 16.5. The van der Waals surface area contributed by atoms with Crippen LogP contribution in [0.5, 0.6) is 0 Å². The van der Waals surface area contributed by atoms with Crippen molar-refractivity contribution in [1.29, 1.82) is 0 Å². The van der Waals surface area contributed by atoms with Crippen molar-refractivity contribution in [3.8, 4) is 0 Å². The first-order valence-electron chi connectivity index (χ1n) is 5.16. The van der Waals surface area contributed by atoms with E-state index in [1.807, 2.05) is 18.3 Å². The monoisotopic (exact) mass is 193 g/mol. The molecule has 14 heavy (non-hydrogen) atoms. The van der Waals surface area contributed by atoms with Gasteiger partial charge in [0.25, 0.3) is 0 Å². The summed E-state index contributed by atoms with van der Waals surface area (Å²) in [5.74, 6) is 1.30. The zero-order valence-electron chi connectivity index (χ0n) is 9.23. The third-order valence-corrected chi connectivity index (χ3v) is 2.51. The highest BCUT2D eigenvalue weighted by Gasteiger charge is 2.06. The highest BCUT2D eigenvalue weighted by Crippen LogP contribution is 2.10. The van der Waals surface area contributed by atoms with E-state index in [1.54, 1.807) is 6.20 Å². The molecule has 0 aliphatic heterocycles. The second-order valence-electron chi connectivity index (χ2n) is 4.10. The van der Waals surface area contributed by atoms with Crippen molar-refractivity contribution < 1.29 is 4.74 Å². The van der Waals surface area contributed by atoms with Gasteiger partial charge in [-0.3, -0.25) is 4.98 Å². The zero-order chi connectivity index (χ0) is 10.4. The first-order chi connectivity index (χ1) is 6.70. The van der Waals surface area contributed by atoms with Gasteiger partial charge in [-0.15, -0.1) is 0 Å². The van der Waals surface area contributed by atoms with Gasteiger partial charge in [0, 0.05) is 19.0 Å². The van der Waals surface area contributed by atoms with Crippen LogP contribution in [0.2, 0.25) is 0 Å². The van der Waals surface area contributed by atoms with Crippen molar-refractivity contribution in [2.75, 3.05) is 6.61 Å². The standard InChI is InChI=1S/C12H19NO/c1-10(2)11(3)8-14-9-12-5-4-6-13-7-12/h4-7,10-11H,8-9H2,1-3H3/t11-/m1/s1. The van der Waals surface area contributed by atoms with Crippen LogP contribution >= 0.6 is 0 Å². The van der Waals surface area contributed by atoms with E-state index >= 15 is 0 Å². The Hall–Kier alpha value is -0.890. The maximum atomic E-state index is 5.60. The minimum absolute atomic E-state index is 0.617. The molecule has 0 amide bonds. The third kappa shape index (κ3) is 3.88. The fourth-order valence-corrected chi connectivity index (χ4v) is 1.04. The van der Waals surface area contributed by atoms with Gasteiger partial charge in [-0.2, -0.15) is 0 Å². The molecule has 1 atom stereocenters. The molecule has 0 saturated carbocycles. The molecule has 0 saturated heterocycles. The van der Waals surface area contributed by atoms with E-state index in [1.165, 1.54) is 0 Å². The number of hydrogen-bond donors (Lipinski definition) is 0. The fraction of sp³-hybridized carbons (Fsp3) is 0.583. The van der Waals surface area contributed by atoms with Crippen LogP contribution in [-0.2, 0) is 11.3 Å². The minimum Gasteiger partial charge on any atom is -0.376 e. The Balaban J connectivity index is 2.22.